The average molecular weight is 289 g/mol. The lowest BCUT2D eigenvalue weighted by Crippen LogP contribution is -2.29. The van der Waals surface area contributed by atoms with E-state index in [0.29, 0.717) is 10.2 Å². The third-order valence-corrected chi connectivity index (χ3v) is 3.19. The van der Waals surface area contributed by atoms with Crippen molar-refractivity contribution < 1.29 is 4.79 Å². The molecule has 0 N–H and O–H groups in total. The van der Waals surface area contributed by atoms with E-state index in [1.165, 1.54) is 0 Å². The Labute approximate surface area is 102 Å². The predicted octanol–water partition coefficient (Wildman–Crippen LogP) is 2.28. The van der Waals surface area contributed by atoms with E-state index in [1.807, 2.05) is 6.26 Å². The zero-order valence-corrected chi connectivity index (χ0v) is 11.1. The molecule has 5 heteroatoms. The maximum absolute atomic E-state index is 11.9. The lowest BCUT2D eigenvalue weighted by molar-refractivity contribution is 0.0802. The molecule has 1 aromatic rings. The standard InChI is InChI=1S/C10H13BrN2OS/c1-13(6-7-15-2)10(14)8-4-3-5-12-9(8)11/h3-5H,6-7H2,1-2H3. The maximum atomic E-state index is 11.9. The van der Waals surface area contributed by atoms with E-state index in [1.54, 1.807) is 42.0 Å². The van der Waals surface area contributed by atoms with Crippen LogP contribution in [0.5, 0.6) is 0 Å². The van der Waals surface area contributed by atoms with Crippen LogP contribution >= 0.6 is 27.7 Å². The van der Waals surface area contributed by atoms with Gasteiger partial charge < -0.3 is 4.90 Å². The fourth-order valence-electron chi connectivity index (χ4n) is 1.08. The Morgan fingerprint density at radius 2 is 2.40 bits per heavy atom. The highest BCUT2D eigenvalue weighted by Gasteiger charge is 2.14. The summed E-state index contributed by atoms with van der Waals surface area (Å²) in [4.78, 5) is 17.7. The minimum Gasteiger partial charge on any atom is -0.341 e. The van der Waals surface area contributed by atoms with E-state index in [4.69, 9.17) is 0 Å². The van der Waals surface area contributed by atoms with Gasteiger partial charge in [0.1, 0.15) is 4.60 Å². The molecule has 3 nitrogen and oxygen atoms in total. The van der Waals surface area contributed by atoms with E-state index >= 15 is 0 Å². The number of hydrogen-bond acceptors (Lipinski definition) is 3. The molecule has 0 radical (unpaired) electrons. The summed E-state index contributed by atoms with van der Waals surface area (Å²) in [7, 11) is 1.80. The molecule has 1 rings (SSSR count). The first kappa shape index (κ1) is 12.5. The number of hydrogen-bond donors (Lipinski definition) is 0. The van der Waals surface area contributed by atoms with Crippen LogP contribution in [-0.2, 0) is 0 Å². The molecule has 82 valence electrons. The van der Waals surface area contributed by atoms with Crippen molar-refractivity contribution in [2.45, 2.75) is 0 Å². The molecule has 1 aromatic heterocycles. The van der Waals surface area contributed by atoms with Crippen molar-refractivity contribution >= 4 is 33.6 Å². The van der Waals surface area contributed by atoms with Crippen LogP contribution in [0.15, 0.2) is 22.9 Å². The van der Waals surface area contributed by atoms with E-state index in [-0.39, 0.29) is 5.91 Å². The first-order chi connectivity index (χ1) is 7.16. The van der Waals surface area contributed by atoms with E-state index in [9.17, 15) is 4.79 Å². The second-order valence-corrected chi connectivity index (χ2v) is 4.80. The molecule has 1 heterocycles. The second kappa shape index (κ2) is 6.12. The fraction of sp³-hybridized carbons (Fsp3) is 0.400. The number of pyridine rings is 1. The molecule has 0 bridgehead atoms. The van der Waals surface area contributed by atoms with Crippen molar-refractivity contribution in [3.63, 3.8) is 0 Å². The molecule has 0 saturated carbocycles. The van der Waals surface area contributed by atoms with E-state index in [0.717, 1.165) is 12.3 Å². The van der Waals surface area contributed by atoms with Crippen LogP contribution in [0.1, 0.15) is 10.4 Å². The summed E-state index contributed by atoms with van der Waals surface area (Å²) >= 11 is 5.00. The first-order valence-corrected chi connectivity index (χ1v) is 6.70. The Morgan fingerprint density at radius 3 is 3.00 bits per heavy atom. The topological polar surface area (TPSA) is 33.2 Å². The van der Waals surface area contributed by atoms with Crippen LogP contribution < -0.4 is 0 Å². The molecule has 0 aliphatic rings. The number of aromatic nitrogens is 1. The molecular weight excluding hydrogens is 276 g/mol. The fourth-order valence-corrected chi connectivity index (χ4v) is 1.96. The third-order valence-electron chi connectivity index (χ3n) is 1.97. The molecule has 1 amide bonds. The van der Waals surface area contributed by atoms with Crippen LogP contribution in [0.2, 0.25) is 0 Å². The van der Waals surface area contributed by atoms with Gasteiger partial charge in [0.2, 0.25) is 0 Å². The molecule has 15 heavy (non-hydrogen) atoms. The molecule has 0 unspecified atom stereocenters. The number of rotatable bonds is 4. The summed E-state index contributed by atoms with van der Waals surface area (Å²) in [6.45, 7) is 0.751. The number of thioether (sulfide) groups is 1. The van der Waals surface area contributed by atoms with Gasteiger partial charge in [0.15, 0.2) is 0 Å². The van der Waals surface area contributed by atoms with Crippen molar-refractivity contribution in [2.75, 3.05) is 25.6 Å². The van der Waals surface area contributed by atoms with Gasteiger partial charge in [0.25, 0.3) is 5.91 Å². The van der Waals surface area contributed by atoms with Gasteiger partial charge in [0.05, 0.1) is 5.56 Å². The lowest BCUT2D eigenvalue weighted by atomic mass is 10.2. The van der Waals surface area contributed by atoms with Crippen molar-refractivity contribution in [1.29, 1.82) is 0 Å². The van der Waals surface area contributed by atoms with E-state index < -0.39 is 0 Å². The van der Waals surface area contributed by atoms with Crippen LogP contribution in [0, 0.1) is 0 Å². The van der Waals surface area contributed by atoms with Gasteiger partial charge in [0, 0.05) is 25.5 Å². The zero-order valence-electron chi connectivity index (χ0n) is 8.74. The molecular formula is C10H13BrN2OS. The summed E-state index contributed by atoms with van der Waals surface area (Å²) in [5.74, 6) is 0.948. The smallest absolute Gasteiger partial charge is 0.256 e. The lowest BCUT2D eigenvalue weighted by Gasteiger charge is -2.16. The van der Waals surface area contributed by atoms with Gasteiger partial charge in [-0.05, 0) is 34.3 Å². The molecule has 0 fully saturated rings. The van der Waals surface area contributed by atoms with Crippen LogP contribution in [0.3, 0.4) is 0 Å². The predicted molar refractivity (Wildman–Crippen MR) is 67.3 cm³/mol. The molecule has 0 aliphatic heterocycles. The Balaban J connectivity index is 2.72. The molecule has 0 spiro atoms. The highest BCUT2D eigenvalue weighted by atomic mass is 79.9. The normalized spacial score (nSPS) is 10.1. The Kier molecular flexibility index (Phi) is 5.11. The third kappa shape index (κ3) is 3.50. The number of halogens is 1. The number of amides is 1. The van der Waals surface area contributed by atoms with Gasteiger partial charge >= 0.3 is 0 Å². The van der Waals surface area contributed by atoms with Gasteiger partial charge in [-0.15, -0.1) is 0 Å². The summed E-state index contributed by atoms with van der Waals surface area (Å²) < 4.78 is 0.603. The largest absolute Gasteiger partial charge is 0.341 e. The van der Waals surface area contributed by atoms with Crippen molar-refractivity contribution in [1.82, 2.24) is 9.88 Å². The summed E-state index contributed by atoms with van der Waals surface area (Å²) in [6.07, 6.45) is 3.68. The zero-order chi connectivity index (χ0) is 11.3. The average Bonchev–Trinajstić information content (AvgIpc) is 2.25. The van der Waals surface area contributed by atoms with Crippen LogP contribution in [0.4, 0.5) is 0 Å². The van der Waals surface area contributed by atoms with Gasteiger partial charge in [-0.25, -0.2) is 4.98 Å². The minimum atomic E-state index is 0.00373. The maximum Gasteiger partial charge on any atom is 0.256 e. The quantitative estimate of drug-likeness (QED) is 0.797. The monoisotopic (exact) mass is 288 g/mol. The summed E-state index contributed by atoms with van der Waals surface area (Å²) in [5.41, 5.74) is 0.612. The van der Waals surface area contributed by atoms with Crippen molar-refractivity contribution in [3.8, 4) is 0 Å². The number of carbonyl (C=O) groups excluding carboxylic acids is 1. The number of carbonyl (C=O) groups is 1. The van der Waals surface area contributed by atoms with Crippen molar-refractivity contribution in [2.24, 2.45) is 0 Å². The molecule has 0 atom stereocenters. The Bertz CT molecular complexity index is 346. The Hall–Kier alpha value is -0.550. The summed E-state index contributed by atoms with van der Waals surface area (Å²) in [6, 6.07) is 3.54. The van der Waals surface area contributed by atoms with Crippen molar-refractivity contribution in [3.05, 3.63) is 28.5 Å². The second-order valence-electron chi connectivity index (χ2n) is 3.06. The van der Waals surface area contributed by atoms with Gasteiger partial charge in [-0.1, -0.05) is 0 Å². The first-order valence-electron chi connectivity index (χ1n) is 4.51. The van der Waals surface area contributed by atoms with Gasteiger partial charge in [-0.2, -0.15) is 11.8 Å². The van der Waals surface area contributed by atoms with Gasteiger partial charge in [-0.3, -0.25) is 4.79 Å². The van der Waals surface area contributed by atoms with Crippen LogP contribution in [-0.4, -0.2) is 41.4 Å². The summed E-state index contributed by atoms with van der Waals surface area (Å²) in [5, 5.41) is 0. The highest BCUT2D eigenvalue weighted by molar-refractivity contribution is 9.10. The molecule has 0 aliphatic carbocycles. The SMILES string of the molecule is CSCCN(C)C(=O)c1cccnc1Br. The highest BCUT2D eigenvalue weighted by Crippen LogP contribution is 2.14. The minimum absolute atomic E-state index is 0.00373. The van der Waals surface area contributed by atoms with Crippen LogP contribution in [0.25, 0.3) is 0 Å². The molecule has 0 saturated heterocycles. The molecule has 0 aromatic carbocycles. The number of nitrogens with zero attached hydrogens (tertiary/aromatic N) is 2. The van der Waals surface area contributed by atoms with E-state index in [2.05, 4.69) is 20.9 Å². The Morgan fingerprint density at radius 1 is 1.67 bits per heavy atom.